The number of benzene rings is 1. The molecular formula is C12H11I5O2. The van der Waals surface area contributed by atoms with Crippen LogP contribution in [0.1, 0.15) is 27.2 Å². The fourth-order valence-corrected chi connectivity index (χ4v) is 5.98. The van der Waals surface area contributed by atoms with Crippen LogP contribution in [0, 0.1) is 23.3 Å². The maximum Gasteiger partial charge on any atom is 0.316 e. The maximum atomic E-state index is 12.2. The molecule has 2 nitrogen and oxygen atoms in total. The van der Waals surface area contributed by atoms with E-state index in [-0.39, 0.29) is 5.97 Å². The molecule has 0 unspecified atom stereocenters. The van der Waals surface area contributed by atoms with Crippen LogP contribution in [0.15, 0.2) is 0 Å². The Morgan fingerprint density at radius 3 is 1.68 bits per heavy atom. The fourth-order valence-electron chi connectivity index (χ4n) is 1.05. The second kappa shape index (κ2) is 7.75. The maximum absolute atomic E-state index is 12.2. The summed E-state index contributed by atoms with van der Waals surface area (Å²) in [5.74, 6) is 0.528. The van der Waals surface area contributed by atoms with E-state index in [0.717, 1.165) is 20.7 Å². The summed E-state index contributed by atoms with van der Waals surface area (Å²) in [6.07, 6.45) is 0.761. The normalized spacial score (nSPS) is 11.6. The van der Waals surface area contributed by atoms with Gasteiger partial charge in [0.25, 0.3) is 0 Å². The van der Waals surface area contributed by atoms with Gasteiger partial charge in [-0.3, -0.25) is 4.79 Å². The molecule has 0 amide bonds. The summed E-state index contributed by atoms with van der Waals surface area (Å²) >= 11 is 11.4. The van der Waals surface area contributed by atoms with Crippen molar-refractivity contribution < 1.29 is 9.53 Å². The van der Waals surface area contributed by atoms with Crippen LogP contribution in [0.25, 0.3) is 0 Å². The molecule has 0 heterocycles. The van der Waals surface area contributed by atoms with Gasteiger partial charge in [-0.05, 0) is 133 Å². The average molecular weight is 822 g/mol. The largest absolute Gasteiger partial charge is 0.424 e. The lowest BCUT2D eigenvalue weighted by atomic mass is 9.91. The molecular weight excluding hydrogens is 811 g/mol. The van der Waals surface area contributed by atoms with Gasteiger partial charge >= 0.3 is 5.97 Å². The van der Waals surface area contributed by atoms with E-state index in [1.807, 2.05) is 20.8 Å². The highest BCUT2D eigenvalue weighted by Crippen LogP contribution is 2.39. The van der Waals surface area contributed by atoms with Crippen LogP contribution in [0.4, 0.5) is 0 Å². The lowest BCUT2D eigenvalue weighted by Crippen LogP contribution is -2.29. The minimum absolute atomic E-state index is 0.168. The highest BCUT2D eigenvalue weighted by Gasteiger charge is 2.30. The molecule has 0 fully saturated rings. The van der Waals surface area contributed by atoms with Crippen LogP contribution >= 0.6 is 113 Å². The topological polar surface area (TPSA) is 26.3 Å². The van der Waals surface area contributed by atoms with Crippen LogP contribution in [-0.2, 0) is 4.79 Å². The Labute approximate surface area is 181 Å². The predicted octanol–water partition coefficient (Wildman–Crippen LogP) is 6.05. The van der Waals surface area contributed by atoms with Crippen molar-refractivity contribution in [1.82, 2.24) is 0 Å². The Hall–Kier alpha value is 2.34. The fraction of sp³-hybridized carbons (Fsp3) is 0.417. The van der Waals surface area contributed by atoms with Crippen LogP contribution in [-0.4, -0.2) is 5.97 Å². The molecule has 0 radical (unpaired) electrons. The summed E-state index contributed by atoms with van der Waals surface area (Å²) in [6.45, 7) is 5.83. The van der Waals surface area contributed by atoms with E-state index in [1.165, 1.54) is 3.57 Å². The predicted molar refractivity (Wildman–Crippen MR) is 120 cm³/mol. The third kappa shape index (κ3) is 4.42. The van der Waals surface area contributed by atoms with Gasteiger partial charge in [-0.15, -0.1) is 0 Å². The summed E-state index contributed by atoms with van der Waals surface area (Å²) in [4.78, 5) is 12.2. The van der Waals surface area contributed by atoms with E-state index in [2.05, 4.69) is 113 Å². The quantitative estimate of drug-likeness (QED) is 0.122. The Morgan fingerprint density at radius 2 is 1.32 bits per heavy atom. The third-order valence-corrected chi connectivity index (χ3v) is 12.2. The van der Waals surface area contributed by atoms with E-state index in [1.54, 1.807) is 0 Å². The van der Waals surface area contributed by atoms with Crippen molar-refractivity contribution in [2.24, 2.45) is 5.41 Å². The molecule has 0 aliphatic rings. The number of carbonyl (C=O) groups excluding carboxylic acids is 1. The molecule has 19 heavy (non-hydrogen) atoms. The zero-order chi connectivity index (χ0) is 15.0. The number of hydrogen-bond acceptors (Lipinski definition) is 2. The summed E-state index contributed by atoms with van der Waals surface area (Å²) in [5.41, 5.74) is -0.452. The molecule has 0 aliphatic heterocycles. The number of hydrogen-bond donors (Lipinski definition) is 0. The number of esters is 1. The summed E-state index contributed by atoms with van der Waals surface area (Å²) in [7, 11) is 0. The van der Waals surface area contributed by atoms with E-state index < -0.39 is 5.41 Å². The molecule has 0 atom stereocenters. The molecule has 0 aromatic heterocycles. The van der Waals surface area contributed by atoms with Gasteiger partial charge in [-0.2, -0.15) is 0 Å². The van der Waals surface area contributed by atoms with E-state index in [9.17, 15) is 4.79 Å². The van der Waals surface area contributed by atoms with Crippen LogP contribution in [0.2, 0.25) is 0 Å². The smallest absolute Gasteiger partial charge is 0.316 e. The van der Waals surface area contributed by atoms with Crippen molar-refractivity contribution in [3.63, 3.8) is 0 Å². The summed E-state index contributed by atoms with van der Waals surface area (Å²) < 4.78 is 11.2. The van der Waals surface area contributed by atoms with Crippen molar-refractivity contribution >= 4 is 119 Å². The third-order valence-electron chi connectivity index (χ3n) is 2.80. The van der Waals surface area contributed by atoms with Gasteiger partial charge in [0, 0.05) is 10.7 Å². The van der Waals surface area contributed by atoms with E-state index >= 15 is 0 Å². The molecule has 0 N–H and O–H groups in total. The molecule has 1 aromatic rings. The number of rotatable bonds is 3. The van der Waals surface area contributed by atoms with Gasteiger partial charge in [0.05, 0.1) is 12.6 Å². The molecule has 0 saturated carbocycles. The Kier molecular flexibility index (Phi) is 7.90. The molecule has 106 valence electrons. The molecule has 7 heteroatoms. The Morgan fingerprint density at radius 1 is 0.947 bits per heavy atom. The Balaban J connectivity index is 3.27. The Bertz CT molecular complexity index is 496. The lowest BCUT2D eigenvalue weighted by molar-refractivity contribution is -0.144. The van der Waals surface area contributed by atoms with Gasteiger partial charge in [0.15, 0.2) is 5.75 Å². The van der Waals surface area contributed by atoms with Crippen molar-refractivity contribution in [3.8, 4) is 5.75 Å². The van der Waals surface area contributed by atoms with Gasteiger partial charge in [0.1, 0.15) is 0 Å². The molecule has 0 aliphatic carbocycles. The van der Waals surface area contributed by atoms with Gasteiger partial charge < -0.3 is 4.74 Å². The molecule has 1 rings (SSSR count). The number of halogens is 5. The zero-order valence-corrected chi connectivity index (χ0v) is 21.2. The van der Waals surface area contributed by atoms with E-state index in [4.69, 9.17) is 4.74 Å². The van der Waals surface area contributed by atoms with Crippen molar-refractivity contribution in [1.29, 1.82) is 0 Å². The van der Waals surface area contributed by atoms with Crippen molar-refractivity contribution in [2.45, 2.75) is 27.2 Å². The molecule has 0 saturated heterocycles. The van der Waals surface area contributed by atoms with Gasteiger partial charge in [0.2, 0.25) is 0 Å². The monoisotopic (exact) mass is 822 g/mol. The van der Waals surface area contributed by atoms with Gasteiger partial charge in [-0.1, -0.05) is 6.92 Å². The second-order valence-corrected chi connectivity index (χ2v) is 9.92. The number of ether oxygens (including phenoxy) is 1. The first-order valence-corrected chi connectivity index (χ1v) is 10.8. The van der Waals surface area contributed by atoms with Crippen molar-refractivity contribution in [3.05, 3.63) is 17.9 Å². The first-order chi connectivity index (χ1) is 8.63. The van der Waals surface area contributed by atoms with Gasteiger partial charge in [-0.25, -0.2) is 0 Å². The second-order valence-electron chi connectivity index (χ2n) is 4.53. The lowest BCUT2D eigenvalue weighted by Gasteiger charge is -2.22. The first-order valence-electron chi connectivity index (χ1n) is 5.37. The van der Waals surface area contributed by atoms with Crippen molar-refractivity contribution in [2.75, 3.05) is 0 Å². The summed E-state index contributed by atoms with van der Waals surface area (Å²) in [5, 5.41) is 0. The minimum atomic E-state index is -0.452. The number of carbonyl (C=O) groups is 1. The SMILES string of the molecule is CCC(C)(C)C(=O)Oc1c(I)c(I)c(I)c(I)c1I. The minimum Gasteiger partial charge on any atom is -0.424 e. The molecule has 0 bridgehead atoms. The van der Waals surface area contributed by atoms with Crippen LogP contribution < -0.4 is 4.74 Å². The highest BCUT2D eigenvalue weighted by molar-refractivity contribution is 14.1. The standard InChI is InChI=1S/C12H11I5O2/c1-4-12(2,3)11(18)19-10-8(16)6(14)5(13)7(15)9(10)17/h4H2,1-3H3. The average Bonchev–Trinajstić information content (AvgIpc) is 2.38. The van der Waals surface area contributed by atoms with Crippen LogP contribution in [0.3, 0.4) is 0 Å². The first kappa shape index (κ1) is 19.4. The zero-order valence-electron chi connectivity index (χ0n) is 10.4. The highest BCUT2D eigenvalue weighted by atomic mass is 127. The molecule has 0 spiro atoms. The van der Waals surface area contributed by atoms with Crippen LogP contribution in [0.5, 0.6) is 5.75 Å². The summed E-state index contributed by atoms with van der Waals surface area (Å²) in [6, 6.07) is 0. The molecule has 1 aromatic carbocycles. The van der Waals surface area contributed by atoms with E-state index in [0.29, 0.717) is 5.75 Å².